The lowest BCUT2D eigenvalue weighted by molar-refractivity contribution is -0.136. The standard InChI is InChI=1S/C30H36N2O4/c1-32(16-22-4-2-3-5-25(22)36-17-19-6-7-19)30(35)24(14-18-8-12-23(33)13-9-18)31-29(34)28-26-20-10-11-21(15-20)27(26)28/h2-5,8-9,12-13,19-21,24,26-28,33H,6-7,10-11,14-17H2,1H3,(H,31,34)/t20-,21+,24-,26+,27-,28?/m0/s1. The van der Waals surface area contributed by atoms with Gasteiger partial charge in [0.1, 0.15) is 17.5 Å². The van der Waals surface area contributed by atoms with Crippen LogP contribution in [0, 0.1) is 35.5 Å². The maximum Gasteiger partial charge on any atom is 0.245 e. The summed E-state index contributed by atoms with van der Waals surface area (Å²) < 4.78 is 6.05. The second-order valence-electron chi connectivity index (χ2n) is 11.5. The van der Waals surface area contributed by atoms with E-state index in [0.29, 0.717) is 42.6 Å². The van der Waals surface area contributed by atoms with Gasteiger partial charge in [-0.3, -0.25) is 9.59 Å². The van der Waals surface area contributed by atoms with Crippen molar-refractivity contribution < 1.29 is 19.4 Å². The van der Waals surface area contributed by atoms with Gasteiger partial charge >= 0.3 is 0 Å². The highest BCUT2D eigenvalue weighted by Crippen LogP contribution is 2.69. The summed E-state index contributed by atoms with van der Waals surface area (Å²) in [6.07, 6.45) is 6.66. The molecular weight excluding hydrogens is 452 g/mol. The molecule has 1 unspecified atom stereocenters. The minimum atomic E-state index is -0.648. The Morgan fingerprint density at radius 3 is 2.42 bits per heavy atom. The van der Waals surface area contributed by atoms with Gasteiger partial charge in [0.25, 0.3) is 0 Å². The SMILES string of the molecule is CN(Cc1ccccc1OCC1CC1)C(=O)[C@H](Cc1ccc(O)cc1)NC(=O)C1[C@@H]2[C@H]3CC[C@H](C3)[C@H]12. The number of phenolic OH excluding ortho intramolecular Hbond substituents is 1. The number of benzene rings is 2. The van der Waals surface area contributed by atoms with Crippen molar-refractivity contribution in [2.45, 2.75) is 51.1 Å². The third-order valence-corrected chi connectivity index (χ3v) is 8.96. The Hall–Kier alpha value is -3.02. The van der Waals surface area contributed by atoms with Gasteiger partial charge in [0.2, 0.25) is 11.8 Å². The van der Waals surface area contributed by atoms with Gasteiger partial charge in [-0.1, -0.05) is 30.3 Å². The van der Waals surface area contributed by atoms with Crippen LogP contribution in [0.1, 0.15) is 43.2 Å². The van der Waals surface area contributed by atoms with Crippen molar-refractivity contribution in [2.24, 2.45) is 35.5 Å². The number of aromatic hydroxyl groups is 1. The Morgan fingerprint density at radius 1 is 1.03 bits per heavy atom. The number of nitrogens with one attached hydrogen (secondary N) is 1. The molecule has 0 radical (unpaired) electrons. The molecule has 2 aromatic carbocycles. The average Bonchev–Trinajstić information content (AvgIpc) is 3.79. The van der Waals surface area contributed by atoms with Crippen LogP contribution in [0.4, 0.5) is 0 Å². The van der Waals surface area contributed by atoms with Crippen molar-refractivity contribution in [3.05, 3.63) is 59.7 Å². The lowest BCUT2D eigenvalue weighted by Gasteiger charge is -2.26. The Bertz CT molecular complexity index is 1110. The number of nitrogens with zero attached hydrogens (tertiary/aromatic N) is 1. The van der Waals surface area contributed by atoms with E-state index in [-0.39, 0.29) is 23.5 Å². The van der Waals surface area contributed by atoms with Crippen molar-refractivity contribution in [1.82, 2.24) is 10.2 Å². The van der Waals surface area contributed by atoms with Crippen molar-refractivity contribution in [3.63, 3.8) is 0 Å². The molecule has 0 heterocycles. The minimum absolute atomic E-state index is 0.0419. The van der Waals surface area contributed by atoms with E-state index in [1.807, 2.05) is 36.4 Å². The fourth-order valence-corrected chi connectivity index (χ4v) is 6.88. The van der Waals surface area contributed by atoms with E-state index in [9.17, 15) is 14.7 Å². The molecule has 4 saturated carbocycles. The van der Waals surface area contributed by atoms with Crippen LogP contribution in [0.3, 0.4) is 0 Å². The predicted molar refractivity (Wildman–Crippen MR) is 136 cm³/mol. The van der Waals surface area contributed by atoms with E-state index in [0.717, 1.165) is 23.5 Å². The summed E-state index contributed by atoms with van der Waals surface area (Å²) in [5.74, 6) is 4.14. The maximum atomic E-state index is 13.7. The first-order chi connectivity index (χ1) is 17.5. The van der Waals surface area contributed by atoms with Crippen molar-refractivity contribution in [3.8, 4) is 11.5 Å². The number of para-hydroxylation sites is 1. The Balaban J connectivity index is 1.15. The third kappa shape index (κ3) is 4.70. The van der Waals surface area contributed by atoms with Crippen molar-refractivity contribution in [1.29, 1.82) is 0 Å². The molecule has 36 heavy (non-hydrogen) atoms. The number of rotatable bonds is 10. The molecule has 0 aromatic heterocycles. The predicted octanol–water partition coefficient (Wildman–Crippen LogP) is 4.16. The topological polar surface area (TPSA) is 78.9 Å². The number of ether oxygens (including phenoxy) is 1. The number of carbonyl (C=O) groups is 2. The first kappa shape index (κ1) is 23.4. The number of carbonyl (C=O) groups excluding carboxylic acids is 2. The van der Waals surface area contributed by atoms with Crippen LogP contribution in [-0.4, -0.2) is 41.5 Å². The first-order valence-corrected chi connectivity index (χ1v) is 13.5. The van der Waals surface area contributed by atoms with Gasteiger partial charge in [0.05, 0.1) is 6.61 Å². The van der Waals surface area contributed by atoms with Gasteiger partial charge < -0.3 is 20.1 Å². The number of amides is 2. The van der Waals surface area contributed by atoms with Gasteiger partial charge in [0, 0.05) is 31.5 Å². The molecule has 4 aliphatic carbocycles. The van der Waals surface area contributed by atoms with Crippen LogP contribution in [0.5, 0.6) is 11.5 Å². The van der Waals surface area contributed by atoms with Gasteiger partial charge in [-0.25, -0.2) is 0 Å². The largest absolute Gasteiger partial charge is 0.508 e. The Morgan fingerprint density at radius 2 is 1.72 bits per heavy atom. The van der Waals surface area contributed by atoms with E-state index in [4.69, 9.17) is 4.74 Å². The number of hydrogen-bond donors (Lipinski definition) is 2. The van der Waals surface area contributed by atoms with Crippen LogP contribution in [0.25, 0.3) is 0 Å². The second-order valence-corrected chi connectivity index (χ2v) is 11.5. The molecule has 2 aromatic rings. The van der Waals surface area contributed by atoms with Crippen LogP contribution in [0.15, 0.2) is 48.5 Å². The molecule has 2 N–H and O–H groups in total. The summed E-state index contributed by atoms with van der Waals surface area (Å²) in [4.78, 5) is 28.7. The van der Waals surface area contributed by atoms with Crippen LogP contribution < -0.4 is 10.1 Å². The molecule has 0 aliphatic heterocycles. The van der Waals surface area contributed by atoms with E-state index >= 15 is 0 Å². The summed E-state index contributed by atoms with van der Waals surface area (Å²) in [6.45, 7) is 1.14. The zero-order chi connectivity index (χ0) is 24.8. The highest BCUT2D eigenvalue weighted by molar-refractivity contribution is 5.90. The van der Waals surface area contributed by atoms with Gasteiger partial charge in [-0.15, -0.1) is 0 Å². The van der Waals surface area contributed by atoms with Gasteiger partial charge in [-0.2, -0.15) is 0 Å². The highest BCUT2D eigenvalue weighted by Gasteiger charge is 2.67. The Labute approximate surface area is 213 Å². The molecule has 190 valence electrons. The zero-order valence-electron chi connectivity index (χ0n) is 20.9. The van der Waals surface area contributed by atoms with Crippen molar-refractivity contribution >= 4 is 11.8 Å². The lowest BCUT2D eigenvalue weighted by atomic mass is 10.0. The highest BCUT2D eigenvalue weighted by atomic mass is 16.5. The molecule has 0 spiro atoms. The van der Waals surface area contributed by atoms with Crippen molar-refractivity contribution in [2.75, 3.05) is 13.7 Å². The zero-order valence-corrected chi connectivity index (χ0v) is 20.9. The lowest BCUT2D eigenvalue weighted by Crippen LogP contribution is -2.49. The number of hydrogen-bond acceptors (Lipinski definition) is 4. The minimum Gasteiger partial charge on any atom is -0.508 e. The normalized spacial score (nSPS) is 28.3. The molecule has 0 saturated heterocycles. The first-order valence-electron chi connectivity index (χ1n) is 13.5. The van der Waals surface area contributed by atoms with E-state index in [1.165, 1.54) is 32.1 Å². The van der Waals surface area contributed by atoms with E-state index in [1.54, 1.807) is 24.1 Å². The molecule has 6 heteroatoms. The molecule has 4 fully saturated rings. The fourth-order valence-electron chi connectivity index (χ4n) is 6.88. The molecule has 6 rings (SSSR count). The van der Waals surface area contributed by atoms with E-state index in [2.05, 4.69) is 5.32 Å². The number of fused-ring (bicyclic) bond motifs is 5. The summed E-state index contributed by atoms with van der Waals surface area (Å²) in [5.41, 5.74) is 1.88. The van der Waals surface area contributed by atoms with Gasteiger partial charge in [0.15, 0.2) is 0 Å². The second kappa shape index (κ2) is 9.45. The number of likely N-dealkylation sites (N-methyl/N-ethyl adjacent to an activating group) is 1. The average molecular weight is 489 g/mol. The monoisotopic (exact) mass is 488 g/mol. The molecule has 2 bridgehead atoms. The molecular formula is C30H36N2O4. The Kier molecular flexibility index (Phi) is 6.14. The third-order valence-electron chi connectivity index (χ3n) is 8.96. The van der Waals surface area contributed by atoms with Crippen LogP contribution >= 0.6 is 0 Å². The van der Waals surface area contributed by atoms with Gasteiger partial charge in [-0.05, 0) is 85.5 Å². The maximum absolute atomic E-state index is 13.7. The fraction of sp³-hybridized carbons (Fsp3) is 0.533. The smallest absolute Gasteiger partial charge is 0.245 e. The quantitative estimate of drug-likeness (QED) is 0.526. The number of phenols is 1. The molecule has 6 atom stereocenters. The molecule has 2 amide bonds. The summed E-state index contributed by atoms with van der Waals surface area (Å²) >= 11 is 0. The summed E-state index contributed by atoms with van der Waals surface area (Å²) in [7, 11) is 1.79. The van der Waals surface area contributed by atoms with Crippen LogP contribution in [-0.2, 0) is 22.6 Å². The summed E-state index contributed by atoms with van der Waals surface area (Å²) in [5, 5.41) is 12.8. The molecule has 4 aliphatic rings. The molecule has 6 nitrogen and oxygen atoms in total. The van der Waals surface area contributed by atoms with Crippen LogP contribution in [0.2, 0.25) is 0 Å². The van der Waals surface area contributed by atoms with E-state index < -0.39 is 6.04 Å². The summed E-state index contributed by atoms with van der Waals surface area (Å²) in [6, 6.07) is 14.1.